The van der Waals surface area contributed by atoms with Crippen LogP contribution in [0.2, 0.25) is 0 Å². The Bertz CT molecular complexity index is 1220. The number of ketones is 1. The van der Waals surface area contributed by atoms with Gasteiger partial charge in [-0.05, 0) is 33.9 Å². The Hall–Kier alpha value is -3.74. The number of nitrogens with zero attached hydrogens (tertiary/aromatic N) is 1. The van der Waals surface area contributed by atoms with Crippen LogP contribution in [-0.4, -0.2) is 41.4 Å². The summed E-state index contributed by atoms with van der Waals surface area (Å²) in [6.07, 6.45) is 0.555. The second-order valence-electron chi connectivity index (χ2n) is 8.88. The number of benzene rings is 3. The zero-order chi connectivity index (χ0) is 24.8. The van der Waals surface area contributed by atoms with Crippen molar-refractivity contribution < 1.29 is 14.7 Å². The summed E-state index contributed by atoms with van der Waals surface area (Å²) in [5, 5.41) is 11.8. The molecule has 3 aromatic rings. The maximum atomic E-state index is 12.8. The number of nitrogen functional groups attached to an aromatic ring is 1. The standard InChI is InChI=1S/C29H31N3O3/c1-20-18-32(27(17-29(35)31-14-15-33)25-8-4-3-7-24(20)25)19-21-10-12-22(13-11-21)28(34)16-23-6-2-5-9-26(23)30/h2-13,27,33H,1,14-19,30H2,(H,31,35). The van der Waals surface area contributed by atoms with E-state index in [1.165, 1.54) is 0 Å². The molecule has 1 aliphatic heterocycles. The molecule has 1 amide bonds. The third-order valence-corrected chi connectivity index (χ3v) is 6.42. The Kier molecular flexibility index (Phi) is 7.75. The fraction of sp³-hybridized carbons (Fsp3) is 0.241. The van der Waals surface area contributed by atoms with Crippen LogP contribution in [0.4, 0.5) is 5.69 Å². The third-order valence-electron chi connectivity index (χ3n) is 6.42. The van der Waals surface area contributed by atoms with Crippen LogP contribution in [0, 0.1) is 0 Å². The highest BCUT2D eigenvalue weighted by atomic mass is 16.3. The lowest BCUT2D eigenvalue weighted by Gasteiger charge is -2.38. The molecule has 180 valence electrons. The van der Waals surface area contributed by atoms with Gasteiger partial charge in [-0.1, -0.05) is 73.3 Å². The van der Waals surface area contributed by atoms with Gasteiger partial charge in [0.2, 0.25) is 5.91 Å². The number of Topliss-reactive ketones (excluding diaryl/α,β-unsaturated/α-hetero) is 1. The Morgan fingerprint density at radius 1 is 1.03 bits per heavy atom. The Labute approximate surface area is 206 Å². The first-order valence-corrected chi connectivity index (χ1v) is 11.8. The summed E-state index contributed by atoms with van der Waals surface area (Å²) in [5.41, 5.74) is 12.3. The molecule has 1 aliphatic rings. The number of nitrogens with one attached hydrogen (secondary N) is 1. The molecule has 0 bridgehead atoms. The van der Waals surface area contributed by atoms with Gasteiger partial charge in [0.25, 0.3) is 0 Å². The van der Waals surface area contributed by atoms with Crippen LogP contribution in [0.3, 0.4) is 0 Å². The lowest BCUT2D eigenvalue weighted by Crippen LogP contribution is -2.38. The number of hydrogen-bond donors (Lipinski definition) is 3. The van der Waals surface area contributed by atoms with E-state index in [1.54, 1.807) is 6.07 Å². The third kappa shape index (κ3) is 5.85. The summed E-state index contributed by atoms with van der Waals surface area (Å²) >= 11 is 0. The van der Waals surface area contributed by atoms with Gasteiger partial charge in [-0.2, -0.15) is 0 Å². The van der Waals surface area contributed by atoms with E-state index in [4.69, 9.17) is 10.8 Å². The first-order valence-electron chi connectivity index (χ1n) is 11.8. The maximum Gasteiger partial charge on any atom is 0.222 e. The van der Waals surface area contributed by atoms with Crippen molar-refractivity contribution >= 4 is 23.0 Å². The summed E-state index contributed by atoms with van der Waals surface area (Å²) in [5.74, 6) is -0.0781. The lowest BCUT2D eigenvalue weighted by molar-refractivity contribution is -0.122. The number of nitrogens with two attached hydrogens (primary N) is 1. The van der Waals surface area contributed by atoms with Crippen LogP contribution in [0.1, 0.15) is 45.1 Å². The molecule has 6 heteroatoms. The molecule has 0 spiro atoms. The molecule has 0 saturated heterocycles. The van der Waals surface area contributed by atoms with Gasteiger partial charge in [0.1, 0.15) is 0 Å². The van der Waals surface area contributed by atoms with Gasteiger partial charge in [0.15, 0.2) is 5.78 Å². The van der Waals surface area contributed by atoms with Crippen LogP contribution < -0.4 is 11.1 Å². The molecule has 35 heavy (non-hydrogen) atoms. The van der Waals surface area contributed by atoms with E-state index in [9.17, 15) is 9.59 Å². The molecule has 6 nitrogen and oxygen atoms in total. The normalized spacial score (nSPS) is 15.5. The minimum Gasteiger partial charge on any atom is -0.398 e. The predicted octanol–water partition coefficient (Wildman–Crippen LogP) is 3.76. The average molecular weight is 470 g/mol. The van der Waals surface area contributed by atoms with Crippen molar-refractivity contribution in [3.05, 3.63) is 107 Å². The van der Waals surface area contributed by atoms with Gasteiger partial charge in [0.05, 0.1) is 6.61 Å². The second kappa shape index (κ2) is 11.1. The lowest BCUT2D eigenvalue weighted by atomic mass is 9.87. The van der Waals surface area contributed by atoms with E-state index in [2.05, 4.69) is 16.8 Å². The summed E-state index contributed by atoms with van der Waals surface area (Å²) in [6.45, 7) is 5.68. The van der Waals surface area contributed by atoms with Crippen LogP contribution in [0.15, 0.2) is 79.4 Å². The zero-order valence-electron chi connectivity index (χ0n) is 19.7. The predicted molar refractivity (Wildman–Crippen MR) is 139 cm³/mol. The molecule has 1 heterocycles. The van der Waals surface area contributed by atoms with E-state index >= 15 is 0 Å². The number of hydrogen-bond acceptors (Lipinski definition) is 5. The van der Waals surface area contributed by atoms with Crippen molar-refractivity contribution in [1.82, 2.24) is 10.2 Å². The average Bonchev–Trinajstić information content (AvgIpc) is 2.87. The van der Waals surface area contributed by atoms with E-state index < -0.39 is 0 Å². The van der Waals surface area contributed by atoms with E-state index in [1.807, 2.05) is 66.7 Å². The minimum absolute atomic E-state index is 0.0214. The molecule has 0 aromatic heterocycles. The Morgan fingerprint density at radius 2 is 1.74 bits per heavy atom. The number of fused-ring (bicyclic) bond motifs is 1. The topological polar surface area (TPSA) is 95.7 Å². The van der Waals surface area contributed by atoms with Crippen molar-refractivity contribution in [3.8, 4) is 0 Å². The molecule has 4 rings (SSSR count). The van der Waals surface area contributed by atoms with Crippen LogP contribution in [0.5, 0.6) is 0 Å². The first-order chi connectivity index (χ1) is 17.0. The van der Waals surface area contributed by atoms with Crippen molar-refractivity contribution in [1.29, 1.82) is 0 Å². The first kappa shape index (κ1) is 24.4. The smallest absolute Gasteiger partial charge is 0.222 e. The monoisotopic (exact) mass is 469 g/mol. The number of carbonyl (C=O) groups is 2. The molecule has 0 radical (unpaired) electrons. The number of para-hydroxylation sites is 1. The fourth-order valence-electron chi connectivity index (χ4n) is 4.60. The van der Waals surface area contributed by atoms with Crippen molar-refractivity contribution in [2.45, 2.75) is 25.4 Å². The largest absolute Gasteiger partial charge is 0.398 e. The maximum absolute atomic E-state index is 12.8. The number of carbonyl (C=O) groups excluding carboxylic acids is 2. The number of amides is 1. The molecular weight excluding hydrogens is 438 g/mol. The number of anilines is 1. The van der Waals surface area contributed by atoms with E-state index in [-0.39, 0.29) is 37.3 Å². The van der Waals surface area contributed by atoms with Gasteiger partial charge >= 0.3 is 0 Å². The Morgan fingerprint density at radius 3 is 2.49 bits per heavy atom. The highest BCUT2D eigenvalue weighted by Crippen LogP contribution is 2.37. The van der Waals surface area contributed by atoms with Gasteiger partial charge in [-0.15, -0.1) is 0 Å². The highest BCUT2D eigenvalue weighted by Gasteiger charge is 2.30. The van der Waals surface area contributed by atoms with Crippen molar-refractivity contribution in [3.63, 3.8) is 0 Å². The van der Waals surface area contributed by atoms with Gasteiger partial charge in [-0.25, -0.2) is 0 Å². The van der Waals surface area contributed by atoms with Crippen LogP contribution in [0.25, 0.3) is 5.57 Å². The van der Waals surface area contributed by atoms with Crippen LogP contribution >= 0.6 is 0 Å². The minimum atomic E-state index is -0.113. The van der Waals surface area contributed by atoms with Crippen molar-refractivity contribution in [2.24, 2.45) is 0 Å². The molecule has 1 unspecified atom stereocenters. The molecule has 3 aromatic carbocycles. The number of aliphatic hydroxyl groups excluding tert-OH is 1. The van der Waals surface area contributed by atoms with Crippen molar-refractivity contribution in [2.75, 3.05) is 25.4 Å². The summed E-state index contributed by atoms with van der Waals surface area (Å²) < 4.78 is 0. The molecule has 4 N–H and O–H groups in total. The number of aliphatic hydroxyl groups is 1. The summed E-state index contributed by atoms with van der Waals surface area (Å²) in [7, 11) is 0. The molecule has 0 aliphatic carbocycles. The van der Waals surface area contributed by atoms with E-state index in [0.29, 0.717) is 30.8 Å². The van der Waals surface area contributed by atoms with Gasteiger partial charge in [-0.3, -0.25) is 14.5 Å². The SMILES string of the molecule is C=C1CN(Cc2ccc(C(=O)Cc3ccccc3N)cc2)C(CC(=O)NCCO)c2ccccc21. The van der Waals surface area contributed by atoms with Gasteiger partial charge < -0.3 is 16.2 Å². The van der Waals surface area contributed by atoms with Crippen LogP contribution in [-0.2, 0) is 17.8 Å². The molecule has 1 atom stereocenters. The molecule has 0 saturated carbocycles. The number of rotatable bonds is 9. The Balaban J connectivity index is 1.50. The van der Waals surface area contributed by atoms with Gasteiger partial charge in [0, 0.05) is 49.8 Å². The summed E-state index contributed by atoms with van der Waals surface area (Å²) in [4.78, 5) is 27.5. The zero-order valence-corrected chi connectivity index (χ0v) is 19.7. The molecule has 0 fully saturated rings. The second-order valence-corrected chi connectivity index (χ2v) is 8.88. The van der Waals surface area contributed by atoms with E-state index in [0.717, 1.165) is 27.8 Å². The fourth-order valence-corrected chi connectivity index (χ4v) is 4.60. The quantitative estimate of drug-likeness (QED) is 0.328. The summed E-state index contributed by atoms with van der Waals surface area (Å²) in [6, 6.07) is 23.0. The molecular formula is C29H31N3O3. The highest BCUT2D eigenvalue weighted by molar-refractivity contribution is 5.98.